The third kappa shape index (κ3) is 4.82. The fourth-order valence-corrected chi connectivity index (χ4v) is 5.15. The largest absolute Gasteiger partial charge is 0.486 e. The Bertz CT molecular complexity index is 1920. The molecule has 0 radical (unpaired) electrons. The first-order chi connectivity index (χ1) is 19.8. The predicted octanol–water partition coefficient (Wildman–Crippen LogP) is 3.47. The van der Waals surface area contributed by atoms with Gasteiger partial charge in [-0.25, -0.2) is 9.97 Å². The van der Waals surface area contributed by atoms with Crippen LogP contribution in [0.1, 0.15) is 46.3 Å². The molecule has 0 bridgehead atoms. The Morgan fingerprint density at radius 2 is 1.88 bits per heavy atom. The fraction of sp³-hybridized carbons (Fsp3) is 0.200. The van der Waals surface area contributed by atoms with Gasteiger partial charge >= 0.3 is 0 Å². The van der Waals surface area contributed by atoms with E-state index in [0.717, 1.165) is 11.2 Å². The van der Waals surface area contributed by atoms with Gasteiger partial charge in [-0.1, -0.05) is 24.3 Å². The van der Waals surface area contributed by atoms with Crippen molar-refractivity contribution in [1.82, 2.24) is 24.3 Å². The molecule has 206 valence electrons. The first kappa shape index (κ1) is 25.9. The Kier molecular flexibility index (Phi) is 6.54. The lowest BCUT2D eigenvalue weighted by Gasteiger charge is -2.24. The van der Waals surface area contributed by atoms with Gasteiger partial charge in [-0.3, -0.25) is 29.1 Å². The summed E-state index contributed by atoms with van der Waals surface area (Å²) in [6.07, 6.45) is 4.09. The summed E-state index contributed by atoms with van der Waals surface area (Å²) in [5.41, 5.74) is 2.99. The van der Waals surface area contributed by atoms with Crippen LogP contribution in [0.2, 0.25) is 0 Å². The maximum atomic E-state index is 13.7. The highest BCUT2D eigenvalue weighted by atomic mass is 16.5. The van der Waals surface area contributed by atoms with Crippen molar-refractivity contribution in [3.8, 4) is 5.75 Å². The molecule has 3 amide bonds. The highest BCUT2D eigenvalue weighted by molar-refractivity contribution is 6.10. The van der Waals surface area contributed by atoms with E-state index in [9.17, 15) is 19.2 Å². The number of aryl methyl sites for hydroxylation is 2. The Morgan fingerprint density at radius 3 is 2.68 bits per heavy atom. The summed E-state index contributed by atoms with van der Waals surface area (Å²) >= 11 is 0. The summed E-state index contributed by atoms with van der Waals surface area (Å²) in [5, 5.41) is 5.28. The Labute approximate surface area is 233 Å². The molecule has 1 saturated heterocycles. The molecule has 1 aliphatic heterocycles. The number of nitrogens with one attached hydrogen (secondary N) is 2. The number of imidazole rings is 1. The minimum Gasteiger partial charge on any atom is -0.486 e. The number of pyridine rings is 1. The van der Waals surface area contributed by atoms with Crippen LogP contribution < -0.4 is 20.9 Å². The fourth-order valence-electron chi connectivity index (χ4n) is 5.15. The summed E-state index contributed by atoms with van der Waals surface area (Å²) in [7, 11) is 0. The van der Waals surface area contributed by atoms with Crippen molar-refractivity contribution in [3.63, 3.8) is 0 Å². The molecule has 41 heavy (non-hydrogen) atoms. The van der Waals surface area contributed by atoms with Gasteiger partial charge in [0.15, 0.2) is 0 Å². The highest BCUT2D eigenvalue weighted by Gasteiger charge is 2.31. The van der Waals surface area contributed by atoms with E-state index in [-0.39, 0.29) is 42.0 Å². The number of carbonyl (C=O) groups excluding carboxylic acids is 3. The van der Waals surface area contributed by atoms with Gasteiger partial charge < -0.3 is 14.5 Å². The van der Waals surface area contributed by atoms with Gasteiger partial charge in [-0.05, 0) is 56.2 Å². The zero-order chi connectivity index (χ0) is 28.7. The van der Waals surface area contributed by atoms with Gasteiger partial charge in [0, 0.05) is 18.8 Å². The average molecular weight is 551 g/mol. The molecular weight excluding hydrogens is 524 g/mol. The molecule has 4 heterocycles. The van der Waals surface area contributed by atoms with Crippen LogP contribution in [0.4, 0.5) is 5.69 Å². The molecule has 11 heteroatoms. The third-order valence-corrected chi connectivity index (χ3v) is 7.11. The molecule has 3 aromatic heterocycles. The zero-order valence-electron chi connectivity index (χ0n) is 22.4. The number of aromatic nitrogens is 4. The maximum Gasteiger partial charge on any atom is 0.264 e. The minimum atomic E-state index is -0.877. The molecule has 1 aliphatic rings. The van der Waals surface area contributed by atoms with E-state index in [1.54, 1.807) is 49.4 Å². The van der Waals surface area contributed by atoms with Gasteiger partial charge in [-0.2, -0.15) is 0 Å². The number of para-hydroxylation sites is 1. The van der Waals surface area contributed by atoms with Crippen LogP contribution in [-0.4, -0.2) is 36.7 Å². The number of imide groups is 1. The van der Waals surface area contributed by atoms with Gasteiger partial charge in [0.1, 0.15) is 29.9 Å². The maximum absolute atomic E-state index is 13.7. The van der Waals surface area contributed by atoms with Crippen LogP contribution in [0.5, 0.6) is 5.75 Å². The summed E-state index contributed by atoms with van der Waals surface area (Å²) in [6, 6.07) is 14.8. The molecule has 0 spiro atoms. The molecular formula is C30H26N6O5. The first-order valence-electron chi connectivity index (χ1n) is 13.1. The number of nitrogens with zero attached hydrogens (tertiary/aromatic N) is 4. The average Bonchev–Trinajstić information content (AvgIpc) is 3.37. The molecule has 1 atom stereocenters. The lowest BCUT2D eigenvalue weighted by Crippen LogP contribution is -2.45. The summed E-state index contributed by atoms with van der Waals surface area (Å²) < 4.78 is 9.22. The second kappa shape index (κ2) is 10.3. The molecule has 2 N–H and O–H groups in total. The molecule has 11 nitrogen and oxygen atoms in total. The molecule has 1 fully saturated rings. The van der Waals surface area contributed by atoms with E-state index < -0.39 is 23.4 Å². The van der Waals surface area contributed by atoms with E-state index in [0.29, 0.717) is 22.8 Å². The topological polar surface area (TPSA) is 137 Å². The standard InChI is InChI=1S/C30H26N6O5/c1-17-7-6-14-35-15-19(32-27(17)35)16-41-24-11-4-3-8-20(24)28(38)33-22-10-5-9-21-26(22)30(40)36(18(2)31-21)23-12-13-25(37)34-29(23)39/h3-11,14-15,23H,12-13,16H2,1-2H3,(H,33,38)(H,34,37,39). The smallest absolute Gasteiger partial charge is 0.264 e. The van der Waals surface area contributed by atoms with Crippen LogP contribution in [0, 0.1) is 13.8 Å². The number of hydrogen-bond acceptors (Lipinski definition) is 7. The summed E-state index contributed by atoms with van der Waals surface area (Å²) in [6.45, 7) is 3.77. The van der Waals surface area contributed by atoms with E-state index in [1.165, 1.54) is 4.57 Å². The second-order valence-corrected chi connectivity index (χ2v) is 9.89. The van der Waals surface area contributed by atoms with Crippen molar-refractivity contribution in [2.75, 3.05) is 5.32 Å². The molecule has 0 aliphatic carbocycles. The minimum absolute atomic E-state index is 0.115. The number of fused-ring (bicyclic) bond motifs is 2. The van der Waals surface area contributed by atoms with E-state index in [4.69, 9.17) is 4.74 Å². The van der Waals surface area contributed by atoms with Crippen molar-refractivity contribution in [2.24, 2.45) is 0 Å². The number of benzene rings is 2. The molecule has 2 aromatic carbocycles. The second-order valence-electron chi connectivity index (χ2n) is 9.89. The Morgan fingerprint density at radius 1 is 1.05 bits per heavy atom. The lowest BCUT2D eigenvalue weighted by molar-refractivity contribution is -0.135. The SMILES string of the molecule is Cc1cccn2cc(COc3ccccc3C(=O)Nc3cccc4nc(C)n(C5CCC(=O)NC5=O)c(=O)c34)nc12. The van der Waals surface area contributed by atoms with Crippen molar-refractivity contribution in [3.05, 3.63) is 100.0 Å². The number of carbonyl (C=O) groups is 3. The zero-order valence-corrected chi connectivity index (χ0v) is 22.4. The van der Waals surface area contributed by atoms with Gasteiger partial charge in [-0.15, -0.1) is 0 Å². The van der Waals surface area contributed by atoms with E-state index in [1.807, 2.05) is 35.9 Å². The summed E-state index contributed by atoms with van der Waals surface area (Å²) in [5.74, 6) is -0.724. The number of anilines is 1. The number of piperidine rings is 1. The van der Waals surface area contributed by atoms with Crippen molar-refractivity contribution in [1.29, 1.82) is 0 Å². The van der Waals surface area contributed by atoms with Crippen molar-refractivity contribution < 1.29 is 19.1 Å². The van der Waals surface area contributed by atoms with Crippen LogP contribution in [0.3, 0.4) is 0 Å². The highest BCUT2D eigenvalue weighted by Crippen LogP contribution is 2.26. The van der Waals surface area contributed by atoms with Gasteiger partial charge in [0.2, 0.25) is 11.8 Å². The van der Waals surface area contributed by atoms with E-state index >= 15 is 0 Å². The number of hydrogen-bond donors (Lipinski definition) is 2. The molecule has 0 saturated carbocycles. The Hall–Kier alpha value is -5.32. The quantitative estimate of drug-likeness (QED) is 0.309. The predicted molar refractivity (Wildman–Crippen MR) is 151 cm³/mol. The van der Waals surface area contributed by atoms with Crippen LogP contribution in [0.25, 0.3) is 16.6 Å². The number of ether oxygens (including phenoxy) is 1. The number of amides is 3. The van der Waals surface area contributed by atoms with Gasteiger partial charge in [0.25, 0.3) is 11.5 Å². The van der Waals surface area contributed by atoms with Crippen LogP contribution in [-0.2, 0) is 16.2 Å². The van der Waals surface area contributed by atoms with Gasteiger partial charge in [0.05, 0.1) is 27.8 Å². The first-order valence-corrected chi connectivity index (χ1v) is 13.1. The van der Waals surface area contributed by atoms with E-state index in [2.05, 4.69) is 20.6 Å². The number of rotatable bonds is 6. The van der Waals surface area contributed by atoms with Crippen molar-refractivity contribution >= 4 is 40.0 Å². The lowest BCUT2D eigenvalue weighted by atomic mass is 10.1. The third-order valence-electron chi connectivity index (χ3n) is 7.11. The Balaban J connectivity index is 1.30. The van der Waals surface area contributed by atoms with Crippen molar-refractivity contribution in [2.45, 2.75) is 39.3 Å². The van der Waals surface area contributed by atoms with Crippen LogP contribution in [0.15, 0.2) is 71.8 Å². The molecule has 5 aromatic rings. The van der Waals surface area contributed by atoms with Crippen LogP contribution >= 0.6 is 0 Å². The summed E-state index contributed by atoms with van der Waals surface area (Å²) in [4.78, 5) is 60.6. The molecule has 6 rings (SSSR count). The normalized spacial score (nSPS) is 15.2. The molecule has 1 unspecified atom stereocenters. The monoisotopic (exact) mass is 550 g/mol.